The van der Waals surface area contributed by atoms with Crippen molar-refractivity contribution in [1.82, 2.24) is 39.0 Å². The number of para-hydroxylation sites is 2. The number of hydrogen-bond donors (Lipinski definition) is 0. The Bertz CT molecular complexity index is 3530. The summed E-state index contributed by atoms with van der Waals surface area (Å²) in [6.45, 7) is 7.22. The van der Waals surface area contributed by atoms with Gasteiger partial charge in [0.25, 0.3) is 0 Å². The zero-order valence-electron chi connectivity index (χ0n) is 33.6. The molecule has 0 N–H and O–H groups in total. The monoisotopic (exact) mass is 816 g/mol. The number of rotatable bonds is 5. The van der Waals surface area contributed by atoms with Gasteiger partial charge in [-0.25, -0.2) is 29.9 Å². The Labute approximate surface area is 351 Å². The van der Waals surface area contributed by atoms with Crippen molar-refractivity contribution in [3.05, 3.63) is 155 Å². The molecule has 0 aliphatic carbocycles. The molecule has 0 amide bonds. The van der Waals surface area contributed by atoms with Gasteiger partial charge in [-0.05, 0) is 118 Å². The minimum Gasteiger partial charge on any atom is -0.307 e. The number of aryl methyl sites for hydroxylation is 4. The summed E-state index contributed by atoms with van der Waals surface area (Å²) in [7, 11) is 0. The summed E-state index contributed by atoms with van der Waals surface area (Å²) in [6.07, 6.45) is -4.85. The summed E-state index contributed by atoms with van der Waals surface area (Å²) in [5, 5.41) is 23.1. The van der Waals surface area contributed by atoms with E-state index in [-0.39, 0.29) is 27.9 Å². The molecule has 6 aromatic carbocycles. The summed E-state index contributed by atoms with van der Waals surface area (Å²) in [6, 6.07) is 37.8. The quantitative estimate of drug-likeness (QED) is 0.168. The summed E-state index contributed by atoms with van der Waals surface area (Å²) in [5.74, 6) is 3.28. The van der Waals surface area contributed by atoms with E-state index in [9.17, 15) is 10.5 Å². The van der Waals surface area contributed by atoms with Gasteiger partial charge < -0.3 is 9.13 Å². The molecule has 13 heteroatoms. The van der Waals surface area contributed by atoms with E-state index in [1.54, 1.807) is 13.8 Å². The maximum Gasteiger partial charge on any atom is 0.417 e. The topological polar surface area (TPSA) is 135 Å². The lowest BCUT2D eigenvalue weighted by Crippen LogP contribution is -2.12. The molecule has 0 aliphatic rings. The van der Waals surface area contributed by atoms with E-state index in [1.807, 2.05) is 120 Å². The molecule has 10 rings (SSSR count). The Balaban J connectivity index is 1.34. The Kier molecular flexibility index (Phi) is 8.68. The molecule has 0 fully saturated rings. The number of alkyl halides is 3. The van der Waals surface area contributed by atoms with Crippen molar-refractivity contribution in [3.8, 4) is 57.4 Å². The number of halogens is 3. The van der Waals surface area contributed by atoms with Gasteiger partial charge in [-0.2, -0.15) is 23.7 Å². The summed E-state index contributed by atoms with van der Waals surface area (Å²) in [4.78, 5) is 27.1. The van der Waals surface area contributed by atoms with Crippen LogP contribution >= 0.6 is 0 Å². The fourth-order valence-electron chi connectivity index (χ4n) is 8.55. The first-order valence-electron chi connectivity index (χ1n) is 19.6. The third-order valence-electron chi connectivity index (χ3n) is 11.0. The normalized spacial score (nSPS) is 11.8. The molecule has 4 heterocycles. The van der Waals surface area contributed by atoms with Gasteiger partial charge in [0, 0.05) is 32.7 Å². The third kappa shape index (κ3) is 6.26. The highest BCUT2D eigenvalue weighted by atomic mass is 19.4. The zero-order chi connectivity index (χ0) is 43.0. The highest BCUT2D eigenvalue weighted by Gasteiger charge is 2.36. The lowest BCUT2D eigenvalue weighted by atomic mass is 9.94. The van der Waals surface area contributed by atoms with Crippen molar-refractivity contribution in [1.29, 1.82) is 10.5 Å². The van der Waals surface area contributed by atoms with Crippen LogP contribution in [-0.4, -0.2) is 39.0 Å². The van der Waals surface area contributed by atoms with E-state index in [1.165, 1.54) is 30.3 Å². The van der Waals surface area contributed by atoms with Crippen molar-refractivity contribution >= 4 is 43.6 Å². The van der Waals surface area contributed by atoms with Gasteiger partial charge in [0.1, 0.15) is 23.3 Å². The van der Waals surface area contributed by atoms with E-state index in [0.29, 0.717) is 51.7 Å². The van der Waals surface area contributed by atoms with Crippen LogP contribution in [0.15, 0.2) is 115 Å². The number of aromatic nitrogens is 8. The van der Waals surface area contributed by atoms with Crippen LogP contribution < -0.4 is 0 Å². The average Bonchev–Trinajstić information content (AvgIpc) is 3.76. The van der Waals surface area contributed by atoms with Crippen LogP contribution in [0.2, 0.25) is 0 Å². The van der Waals surface area contributed by atoms with E-state index >= 15 is 13.2 Å². The van der Waals surface area contributed by atoms with Crippen LogP contribution in [0.5, 0.6) is 0 Å². The summed E-state index contributed by atoms with van der Waals surface area (Å²) in [5.41, 5.74) is 4.03. The van der Waals surface area contributed by atoms with Crippen molar-refractivity contribution in [2.24, 2.45) is 0 Å². The molecule has 10 aromatic rings. The molecule has 0 spiro atoms. The number of hydrogen-bond acceptors (Lipinski definition) is 8. The summed E-state index contributed by atoms with van der Waals surface area (Å²) < 4.78 is 51.0. The highest BCUT2D eigenvalue weighted by Crippen LogP contribution is 2.45. The molecular formula is C49H31F3N10. The molecule has 0 atom stereocenters. The van der Waals surface area contributed by atoms with E-state index in [2.05, 4.69) is 29.9 Å². The molecule has 298 valence electrons. The van der Waals surface area contributed by atoms with Crippen LogP contribution in [-0.2, 0) is 6.18 Å². The van der Waals surface area contributed by atoms with Gasteiger partial charge >= 0.3 is 6.18 Å². The maximum absolute atomic E-state index is 15.7. The Morgan fingerprint density at radius 3 is 1.31 bits per heavy atom. The van der Waals surface area contributed by atoms with Crippen molar-refractivity contribution in [3.63, 3.8) is 0 Å². The van der Waals surface area contributed by atoms with Crippen LogP contribution in [0.1, 0.15) is 40.0 Å². The molecule has 0 bridgehead atoms. The van der Waals surface area contributed by atoms with Gasteiger partial charge in [-0.15, -0.1) is 0 Å². The molecule has 0 unspecified atom stereocenters. The van der Waals surface area contributed by atoms with Crippen molar-refractivity contribution in [2.75, 3.05) is 0 Å². The third-order valence-corrected chi connectivity index (χ3v) is 11.0. The Morgan fingerprint density at radius 1 is 0.452 bits per heavy atom. The standard InChI is InChI=1S/C49H31F3N10/c1-26-55-27(2)58-47(57-26)32-13-15-43-38(20-32)35-9-5-7-11-41(35)61(43)45-22-37(34-18-30(24-53)17-31(19-34)25-54)40(49(50,51)52)23-46(45)62-42-12-8-6-10-36(42)39-21-33(14-16-44(39)62)48-59-28(3)56-29(4)60-48/h5-23H,1-4H3. The lowest BCUT2D eigenvalue weighted by Gasteiger charge is -2.22. The summed E-state index contributed by atoms with van der Waals surface area (Å²) >= 11 is 0. The SMILES string of the molecule is Cc1nc(C)nc(-c2ccc3c(c2)c2ccccc2n3-c2cc(-c3cc(C#N)cc(C#N)c3)c(C(F)(F)F)cc2-n2c3ccccc3c3cc(-c4nc(C)nc(C)n4)ccc32)n1. The van der Waals surface area contributed by atoms with Gasteiger partial charge in [0.05, 0.1) is 62.3 Å². The molecule has 0 saturated heterocycles. The van der Waals surface area contributed by atoms with Crippen LogP contribution in [0, 0.1) is 50.4 Å². The second kappa shape index (κ2) is 14.2. The second-order valence-corrected chi connectivity index (χ2v) is 15.1. The maximum atomic E-state index is 15.7. The first-order valence-corrected chi connectivity index (χ1v) is 19.6. The first-order chi connectivity index (χ1) is 29.9. The second-order valence-electron chi connectivity index (χ2n) is 15.1. The van der Waals surface area contributed by atoms with E-state index in [4.69, 9.17) is 0 Å². The molecule has 0 aliphatic heterocycles. The first kappa shape index (κ1) is 37.9. The average molecular weight is 817 g/mol. The van der Waals surface area contributed by atoms with Gasteiger partial charge in [-0.1, -0.05) is 36.4 Å². The zero-order valence-corrected chi connectivity index (χ0v) is 33.6. The number of nitriles is 2. The van der Waals surface area contributed by atoms with Gasteiger partial charge in [-0.3, -0.25) is 0 Å². The molecule has 0 radical (unpaired) electrons. The predicted octanol–water partition coefficient (Wildman–Crippen LogP) is 11.2. The van der Waals surface area contributed by atoms with Gasteiger partial charge in [0.2, 0.25) is 0 Å². The molecule has 4 aromatic heterocycles. The molecule has 62 heavy (non-hydrogen) atoms. The Morgan fingerprint density at radius 2 is 0.871 bits per heavy atom. The predicted molar refractivity (Wildman–Crippen MR) is 232 cm³/mol. The molecule has 0 saturated carbocycles. The van der Waals surface area contributed by atoms with Crippen molar-refractivity contribution < 1.29 is 13.2 Å². The fourth-order valence-corrected chi connectivity index (χ4v) is 8.55. The van der Waals surface area contributed by atoms with Crippen molar-refractivity contribution in [2.45, 2.75) is 33.9 Å². The Hall–Kier alpha value is -8.29. The van der Waals surface area contributed by atoms with Crippen LogP contribution in [0.4, 0.5) is 13.2 Å². The number of fused-ring (bicyclic) bond motifs is 6. The van der Waals surface area contributed by atoms with Gasteiger partial charge in [0.15, 0.2) is 11.6 Å². The fraction of sp³-hybridized carbons (Fsp3) is 0.102. The molecular weight excluding hydrogens is 786 g/mol. The van der Waals surface area contributed by atoms with E-state index in [0.717, 1.165) is 43.7 Å². The highest BCUT2D eigenvalue weighted by molar-refractivity contribution is 6.13. The lowest BCUT2D eigenvalue weighted by molar-refractivity contribution is -0.137. The van der Waals surface area contributed by atoms with E-state index < -0.39 is 11.7 Å². The minimum atomic E-state index is -4.85. The molecule has 10 nitrogen and oxygen atoms in total. The number of benzene rings is 6. The smallest absolute Gasteiger partial charge is 0.307 e. The van der Waals surface area contributed by atoms with Crippen LogP contribution in [0.3, 0.4) is 0 Å². The van der Waals surface area contributed by atoms with Crippen LogP contribution in [0.25, 0.3) is 88.9 Å². The largest absolute Gasteiger partial charge is 0.417 e. The minimum absolute atomic E-state index is 0.0627. The number of nitrogens with zero attached hydrogens (tertiary/aromatic N) is 10.